The summed E-state index contributed by atoms with van der Waals surface area (Å²) in [5, 5.41) is 12.5. The Bertz CT molecular complexity index is 406. The molecular formula is C11H13NOS2. The minimum atomic E-state index is -0.278. The molecule has 0 aromatic carbocycles. The zero-order chi connectivity index (χ0) is 10.7. The van der Waals surface area contributed by atoms with Gasteiger partial charge in [0.25, 0.3) is 0 Å². The average molecular weight is 239 g/mol. The van der Waals surface area contributed by atoms with Crippen molar-refractivity contribution in [1.29, 1.82) is 0 Å². The van der Waals surface area contributed by atoms with Crippen LogP contribution in [0.1, 0.15) is 21.7 Å². The lowest BCUT2D eigenvalue weighted by Gasteiger charge is -1.98. The van der Waals surface area contributed by atoms with Crippen molar-refractivity contribution in [3.8, 4) is 0 Å². The Hall–Kier alpha value is -0.710. The second-order valence-electron chi connectivity index (χ2n) is 3.53. The molecule has 2 rings (SSSR count). The van der Waals surface area contributed by atoms with Gasteiger partial charge in [0.05, 0.1) is 11.1 Å². The van der Waals surface area contributed by atoms with E-state index in [1.165, 1.54) is 4.88 Å². The molecule has 0 amide bonds. The molecule has 2 nitrogen and oxygen atoms in total. The second-order valence-corrected chi connectivity index (χ2v) is 5.76. The molecule has 1 atom stereocenters. The number of thiazole rings is 1. The Kier molecular flexibility index (Phi) is 3.51. The minimum absolute atomic E-state index is 0.278. The highest BCUT2D eigenvalue weighted by molar-refractivity contribution is 7.12. The van der Waals surface area contributed by atoms with E-state index in [4.69, 9.17) is 0 Å². The summed E-state index contributed by atoms with van der Waals surface area (Å²) in [7, 11) is 0. The van der Waals surface area contributed by atoms with E-state index in [9.17, 15) is 5.11 Å². The Morgan fingerprint density at radius 3 is 3.00 bits per heavy atom. The molecule has 0 aliphatic heterocycles. The molecule has 15 heavy (non-hydrogen) atoms. The number of rotatable bonds is 4. The van der Waals surface area contributed by atoms with E-state index >= 15 is 0 Å². The van der Waals surface area contributed by atoms with Crippen LogP contribution in [-0.4, -0.2) is 16.2 Å². The third-order valence-electron chi connectivity index (χ3n) is 2.00. The summed E-state index contributed by atoms with van der Waals surface area (Å²) in [6.45, 7) is 1.80. The molecule has 1 unspecified atom stereocenters. The SMILES string of the molecule is CC(O)Cc1cnc(Cc2cccs2)s1. The van der Waals surface area contributed by atoms with Gasteiger partial charge in [-0.2, -0.15) is 0 Å². The van der Waals surface area contributed by atoms with Crippen LogP contribution >= 0.6 is 22.7 Å². The van der Waals surface area contributed by atoms with E-state index in [1.807, 2.05) is 6.20 Å². The summed E-state index contributed by atoms with van der Waals surface area (Å²) in [4.78, 5) is 6.86. The van der Waals surface area contributed by atoms with Gasteiger partial charge in [-0.15, -0.1) is 22.7 Å². The third-order valence-corrected chi connectivity index (χ3v) is 3.90. The lowest BCUT2D eigenvalue weighted by molar-refractivity contribution is 0.196. The smallest absolute Gasteiger partial charge is 0.0979 e. The van der Waals surface area contributed by atoms with Crippen molar-refractivity contribution in [3.05, 3.63) is 38.5 Å². The molecule has 0 spiro atoms. The van der Waals surface area contributed by atoms with Gasteiger partial charge in [-0.25, -0.2) is 4.98 Å². The van der Waals surface area contributed by atoms with Crippen molar-refractivity contribution in [1.82, 2.24) is 4.98 Å². The number of nitrogens with zero attached hydrogens (tertiary/aromatic N) is 1. The number of aliphatic hydroxyl groups excluding tert-OH is 1. The van der Waals surface area contributed by atoms with Gasteiger partial charge in [0, 0.05) is 28.8 Å². The monoisotopic (exact) mass is 239 g/mol. The minimum Gasteiger partial charge on any atom is -0.393 e. The highest BCUT2D eigenvalue weighted by atomic mass is 32.1. The lowest BCUT2D eigenvalue weighted by Crippen LogP contribution is -2.01. The van der Waals surface area contributed by atoms with Crippen molar-refractivity contribution in [2.24, 2.45) is 0 Å². The van der Waals surface area contributed by atoms with Crippen LogP contribution in [0.3, 0.4) is 0 Å². The first-order chi connectivity index (χ1) is 7.24. The molecule has 80 valence electrons. The predicted molar refractivity (Wildman–Crippen MR) is 64.6 cm³/mol. The Balaban J connectivity index is 2.01. The van der Waals surface area contributed by atoms with Crippen molar-refractivity contribution < 1.29 is 5.11 Å². The third kappa shape index (κ3) is 3.12. The van der Waals surface area contributed by atoms with Gasteiger partial charge in [-0.3, -0.25) is 0 Å². The summed E-state index contributed by atoms with van der Waals surface area (Å²) in [5.74, 6) is 0. The lowest BCUT2D eigenvalue weighted by atomic mass is 10.3. The zero-order valence-corrected chi connectivity index (χ0v) is 10.1. The van der Waals surface area contributed by atoms with E-state index in [2.05, 4.69) is 22.5 Å². The van der Waals surface area contributed by atoms with E-state index in [-0.39, 0.29) is 6.10 Å². The van der Waals surface area contributed by atoms with Crippen LogP contribution in [0.5, 0.6) is 0 Å². The Morgan fingerprint density at radius 2 is 2.33 bits per heavy atom. The molecule has 1 N–H and O–H groups in total. The van der Waals surface area contributed by atoms with Crippen LogP contribution in [0, 0.1) is 0 Å². The van der Waals surface area contributed by atoms with Crippen LogP contribution < -0.4 is 0 Å². The first-order valence-electron chi connectivity index (χ1n) is 4.88. The maximum atomic E-state index is 9.25. The average Bonchev–Trinajstić information content (AvgIpc) is 2.77. The van der Waals surface area contributed by atoms with Gasteiger partial charge in [-0.05, 0) is 18.4 Å². The van der Waals surface area contributed by atoms with Crippen molar-refractivity contribution in [2.75, 3.05) is 0 Å². The topological polar surface area (TPSA) is 33.1 Å². The van der Waals surface area contributed by atoms with Gasteiger partial charge < -0.3 is 5.11 Å². The summed E-state index contributed by atoms with van der Waals surface area (Å²) in [6, 6.07) is 4.19. The van der Waals surface area contributed by atoms with Crippen molar-refractivity contribution in [3.63, 3.8) is 0 Å². The molecule has 0 radical (unpaired) electrons. The van der Waals surface area contributed by atoms with Gasteiger partial charge in [0.15, 0.2) is 0 Å². The van der Waals surface area contributed by atoms with E-state index in [1.54, 1.807) is 29.6 Å². The second kappa shape index (κ2) is 4.88. The summed E-state index contributed by atoms with van der Waals surface area (Å²) < 4.78 is 0. The summed E-state index contributed by atoms with van der Waals surface area (Å²) >= 11 is 3.45. The maximum absolute atomic E-state index is 9.25. The molecule has 4 heteroatoms. The number of aromatic nitrogens is 1. The molecule has 0 saturated heterocycles. The molecule has 2 heterocycles. The molecule has 0 bridgehead atoms. The predicted octanol–water partition coefficient (Wildman–Crippen LogP) is 2.72. The van der Waals surface area contributed by atoms with Crippen molar-refractivity contribution in [2.45, 2.75) is 25.9 Å². The highest BCUT2D eigenvalue weighted by Gasteiger charge is 2.06. The van der Waals surface area contributed by atoms with E-state index in [0.29, 0.717) is 6.42 Å². The molecule has 0 saturated carbocycles. The fourth-order valence-electron chi connectivity index (χ4n) is 1.38. The van der Waals surface area contributed by atoms with Crippen LogP contribution in [0.2, 0.25) is 0 Å². The van der Waals surface area contributed by atoms with E-state index in [0.717, 1.165) is 16.3 Å². The summed E-state index contributed by atoms with van der Waals surface area (Å²) in [5.41, 5.74) is 0. The molecule has 0 aliphatic rings. The van der Waals surface area contributed by atoms with E-state index < -0.39 is 0 Å². The first kappa shape index (κ1) is 10.8. The number of hydrogen-bond acceptors (Lipinski definition) is 4. The molecule has 2 aromatic rings. The van der Waals surface area contributed by atoms with Crippen molar-refractivity contribution >= 4 is 22.7 Å². The maximum Gasteiger partial charge on any atom is 0.0979 e. The summed E-state index contributed by atoms with van der Waals surface area (Å²) in [6.07, 6.45) is 3.23. The fourth-order valence-corrected chi connectivity index (χ4v) is 3.24. The number of thiophene rings is 1. The Morgan fingerprint density at radius 1 is 1.47 bits per heavy atom. The fraction of sp³-hybridized carbons (Fsp3) is 0.364. The zero-order valence-electron chi connectivity index (χ0n) is 8.51. The largest absolute Gasteiger partial charge is 0.393 e. The van der Waals surface area contributed by atoms with Crippen LogP contribution in [0.15, 0.2) is 23.7 Å². The first-order valence-corrected chi connectivity index (χ1v) is 6.57. The number of aliphatic hydroxyl groups is 1. The van der Waals surface area contributed by atoms with Crippen LogP contribution in [0.25, 0.3) is 0 Å². The van der Waals surface area contributed by atoms with Gasteiger partial charge in [0.2, 0.25) is 0 Å². The van der Waals surface area contributed by atoms with Gasteiger partial charge in [-0.1, -0.05) is 6.07 Å². The van der Waals surface area contributed by atoms with Gasteiger partial charge in [0.1, 0.15) is 0 Å². The van der Waals surface area contributed by atoms with Gasteiger partial charge >= 0.3 is 0 Å². The molecule has 0 fully saturated rings. The molecule has 0 aliphatic carbocycles. The quantitative estimate of drug-likeness (QED) is 0.890. The Labute approximate surface area is 97.2 Å². The number of hydrogen-bond donors (Lipinski definition) is 1. The highest BCUT2D eigenvalue weighted by Crippen LogP contribution is 2.20. The molecule has 2 aromatic heterocycles. The van der Waals surface area contributed by atoms with Crippen LogP contribution in [0.4, 0.5) is 0 Å². The normalized spacial score (nSPS) is 12.9. The molecular weight excluding hydrogens is 226 g/mol. The van der Waals surface area contributed by atoms with Crippen LogP contribution in [-0.2, 0) is 12.8 Å². The standard InChI is InChI=1S/C11H13NOS2/c1-8(13)5-10-7-12-11(15-10)6-9-3-2-4-14-9/h2-4,7-8,13H,5-6H2,1H3.